The van der Waals surface area contributed by atoms with E-state index in [1.54, 1.807) is 0 Å². The lowest BCUT2D eigenvalue weighted by Crippen LogP contribution is -2.25. The Labute approximate surface area is 89.5 Å². The summed E-state index contributed by atoms with van der Waals surface area (Å²) in [5.74, 6) is -0.0575. The summed E-state index contributed by atoms with van der Waals surface area (Å²) in [4.78, 5) is 15.3. The lowest BCUT2D eigenvalue weighted by molar-refractivity contribution is 0.0836. The van der Waals surface area contributed by atoms with E-state index in [9.17, 15) is 4.79 Å². The van der Waals surface area contributed by atoms with E-state index in [4.69, 9.17) is 5.11 Å². The highest BCUT2D eigenvalue weighted by molar-refractivity contribution is 6.01. The average molecular weight is 207 g/mol. The number of H-pyrrole nitrogens is 1. The average Bonchev–Trinajstić information content (AvgIpc) is 2.55. The van der Waals surface area contributed by atoms with E-state index in [0.29, 0.717) is 0 Å². The Balaban J connectivity index is 2.49. The molecule has 3 heteroatoms. The second-order valence-electron chi connectivity index (χ2n) is 4.22. The van der Waals surface area contributed by atoms with Crippen molar-refractivity contribution in [2.24, 2.45) is 5.92 Å². The summed E-state index contributed by atoms with van der Waals surface area (Å²) < 4.78 is 0. The zero-order chi connectivity index (χ0) is 11.0. The van der Waals surface area contributed by atoms with Gasteiger partial charge in [-0.3, -0.25) is 4.79 Å². The number of fused-ring (bicyclic) bond motifs is 1. The molecule has 1 aliphatic rings. The molecule has 0 fully saturated rings. The lowest BCUT2D eigenvalue weighted by Gasteiger charge is -2.19. The van der Waals surface area contributed by atoms with Gasteiger partial charge in [-0.1, -0.05) is 6.92 Å². The number of aliphatic hydroxyl groups is 1. The summed E-state index contributed by atoms with van der Waals surface area (Å²) in [6.07, 6.45) is 2.53. The fraction of sp³-hybridized carbons (Fsp3) is 0.583. The molecule has 0 saturated heterocycles. The van der Waals surface area contributed by atoms with Gasteiger partial charge in [0.2, 0.25) is 0 Å². The van der Waals surface area contributed by atoms with Gasteiger partial charge in [0.15, 0.2) is 5.78 Å². The van der Waals surface area contributed by atoms with E-state index >= 15 is 0 Å². The third-order valence-corrected chi connectivity index (χ3v) is 3.33. The van der Waals surface area contributed by atoms with Gasteiger partial charge < -0.3 is 10.1 Å². The number of Topliss-reactive ketones (excluding diaryl/α,β-unsaturated/α-hetero) is 1. The van der Waals surface area contributed by atoms with Crippen molar-refractivity contribution in [3.05, 3.63) is 22.5 Å². The molecule has 0 aromatic carbocycles. The van der Waals surface area contributed by atoms with Gasteiger partial charge in [0.25, 0.3) is 0 Å². The number of aromatic nitrogens is 1. The van der Waals surface area contributed by atoms with Crippen molar-refractivity contribution in [3.63, 3.8) is 0 Å². The minimum Gasteiger partial charge on any atom is -0.396 e. The summed E-state index contributed by atoms with van der Waals surface area (Å²) in [7, 11) is 0. The molecule has 0 amide bonds. The molecule has 15 heavy (non-hydrogen) atoms. The van der Waals surface area contributed by atoms with Crippen LogP contribution in [0, 0.1) is 12.8 Å². The summed E-state index contributed by atoms with van der Waals surface area (Å²) in [5.41, 5.74) is 4.17. The SMILES string of the molecule is CCc1c(C)[nH]c2c1C(=O)C(CO)CC2. The number of carbonyl (C=O) groups excluding carboxylic acids is 1. The first-order chi connectivity index (χ1) is 7.19. The number of nitrogens with one attached hydrogen (secondary N) is 1. The summed E-state index contributed by atoms with van der Waals surface area (Å²) in [6.45, 7) is 4.05. The third-order valence-electron chi connectivity index (χ3n) is 3.33. The van der Waals surface area contributed by atoms with Crippen LogP contribution in [0.5, 0.6) is 0 Å². The maximum absolute atomic E-state index is 12.1. The minimum atomic E-state index is -0.182. The van der Waals surface area contributed by atoms with Crippen molar-refractivity contribution in [3.8, 4) is 0 Å². The molecule has 2 rings (SSSR count). The molecule has 1 aliphatic carbocycles. The second-order valence-corrected chi connectivity index (χ2v) is 4.22. The Morgan fingerprint density at radius 3 is 2.87 bits per heavy atom. The Kier molecular flexibility index (Phi) is 2.65. The third kappa shape index (κ3) is 1.51. The molecule has 0 aliphatic heterocycles. The van der Waals surface area contributed by atoms with Gasteiger partial charge in [-0.2, -0.15) is 0 Å². The number of rotatable bonds is 2. The maximum atomic E-state index is 12.1. The first-order valence-electron chi connectivity index (χ1n) is 5.54. The van der Waals surface area contributed by atoms with E-state index in [1.165, 1.54) is 0 Å². The van der Waals surface area contributed by atoms with Crippen molar-refractivity contribution in [2.45, 2.75) is 33.1 Å². The van der Waals surface area contributed by atoms with E-state index < -0.39 is 0 Å². The van der Waals surface area contributed by atoms with Gasteiger partial charge in [0, 0.05) is 22.9 Å². The second kappa shape index (κ2) is 3.81. The van der Waals surface area contributed by atoms with Crippen LogP contribution in [0.1, 0.15) is 40.7 Å². The molecular formula is C12H17NO2. The first kappa shape index (κ1) is 10.4. The Morgan fingerprint density at radius 2 is 2.27 bits per heavy atom. The number of aryl methyl sites for hydroxylation is 2. The van der Waals surface area contributed by atoms with Crippen LogP contribution in [0.3, 0.4) is 0 Å². The molecule has 0 radical (unpaired) electrons. The van der Waals surface area contributed by atoms with Crippen LogP contribution in [0.4, 0.5) is 0 Å². The van der Waals surface area contributed by atoms with Crippen molar-refractivity contribution in [1.29, 1.82) is 0 Å². The van der Waals surface area contributed by atoms with Crippen LogP contribution in [0.15, 0.2) is 0 Å². The molecule has 82 valence electrons. The standard InChI is InChI=1S/C12H17NO2/c1-3-9-7(2)13-10-5-4-8(6-14)12(15)11(9)10/h8,13-14H,3-6H2,1-2H3. The van der Waals surface area contributed by atoms with Crippen LogP contribution in [0.2, 0.25) is 0 Å². The summed E-state index contributed by atoms with van der Waals surface area (Å²) >= 11 is 0. The smallest absolute Gasteiger partial charge is 0.170 e. The van der Waals surface area contributed by atoms with Crippen LogP contribution in [0.25, 0.3) is 0 Å². The van der Waals surface area contributed by atoms with Gasteiger partial charge in [-0.15, -0.1) is 0 Å². The lowest BCUT2D eigenvalue weighted by atomic mass is 9.84. The summed E-state index contributed by atoms with van der Waals surface area (Å²) in [6, 6.07) is 0. The molecule has 1 heterocycles. The zero-order valence-corrected chi connectivity index (χ0v) is 9.26. The molecule has 1 aromatic heterocycles. The predicted octanol–water partition coefficient (Wildman–Crippen LogP) is 1.62. The number of hydrogen-bond acceptors (Lipinski definition) is 2. The Morgan fingerprint density at radius 1 is 1.53 bits per heavy atom. The molecule has 0 bridgehead atoms. The van der Waals surface area contributed by atoms with Crippen molar-refractivity contribution in [1.82, 2.24) is 4.98 Å². The normalized spacial score (nSPS) is 20.5. The highest BCUT2D eigenvalue weighted by Crippen LogP contribution is 2.29. The number of hydrogen-bond donors (Lipinski definition) is 2. The number of ketones is 1. The van der Waals surface area contributed by atoms with E-state index in [1.807, 2.05) is 6.92 Å². The topological polar surface area (TPSA) is 53.1 Å². The molecule has 0 saturated carbocycles. The van der Waals surface area contributed by atoms with E-state index in [-0.39, 0.29) is 18.3 Å². The van der Waals surface area contributed by atoms with Crippen LogP contribution in [-0.4, -0.2) is 22.5 Å². The van der Waals surface area contributed by atoms with Gasteiger partial charge in [0.1, 0.15) is 0 Å². The molecule has 1 atom stereocenters. The molecular weight excluding hydrogens is 190 g/mol. The molecule has 2 N–H and O–H groups in total. The van der Waals surface area contributed by atoms with Crippen LogP contribution >= 0.6 is 0 Å². The molecule has 0 spiro atoms. The molecule has 3 nitrogen and oxygen atoms in total. The first-order valence-corrected chi connectivity index (χ1v) is 5.54. The highest BCUT2D eigenvalue weighted by Gasteiger charge is 2.30. The number of aromatic amines is 1. The van der Waals surface area contributed by atoms with Gasteiger partial charge in [-0.05, 0) is 31.7 Å². The van der Waals surface area contributed by atoms with Crippen molar-refractivity contribution < 1.29 is 9.90 Å². The van der Waals surface area contributed by atoms with Gasteiger partial charge in [-0.25, -0.2) is 0 Å². The van der Waals surface area contributed by atoms with Crippen LogP contribution < -0.4 is 0 Å². The fourth-order valence-corrected chi connectivity index (χ4v) is 2.49. The van der Waals surface area contributed by atoms with Crippen molar-refractivity contribution >= 4 is 5.78 Å². The quantitative estimate of drug-likeness (QED) is 0.774. The monoisotopic (exact) mass is 207 g/mol. The maximum Gasteiger partial charge on any atom is 0.170 e. The molecule has 1 aromatic rings. The highest BCUT2D eigenvalue weighted by atomic mass is 16.3. The van der Waals surface area contributed by atoms with Crippen LogP contribution in [-0.2, 0) is 12.8 Å². The van der Waals surface area contributed by atoms with E-state index in [0.717, 1.165) is 41.8 Å². The number of aliphatic hydroxyl groups excluding tert-OH is 1. The van der Waals surface area contributed by atoms with Crippen molar-refractivity contribution in [2.75, 3.05) is 6.61 Å². The predicted molar refractivity (Wildman–Crippen MR) is 58.1 cm³/mol. The Hall–Kier alpha value is -1.09. The summed E-state index contributed by atoms with van der Waals surface area (Å²) in [5, 5.41) is 9.13. The minimum absolute atomic E-state index is 0.0222. The van der Waals surface area contributed by atoms with Gasteiger partial charge in [0.05, 0.1) is 6.61 Å². The zero-order valence-electron chi connectivity index (χ0n) is 9.26. The van der Waals surface area contributed by atoms with E-state index in [2.05, 4.69) is 11.9 Å². The fourth-order valence-electron chi connectivity index (χ4n) is 2.49. The van der Waals surface area contributed by atoms with Gasteiger partial charge >= 0.3 is 0 Å². The Bertz CT molecular complexity index is 393. The molecule has 1 unspecified atom stereocenters. The number of carbonyl (C=O) groups is 1. The largest absolute Gasteiger partial charge is 0.396 e.